The molecule has 4 heterocycles. The molecule has 0 saturated carbocycles. The first-order valence-corrected chi connectivity index (χ1v) is 13.2. The van der Waals surface area contributed by atoms with Crippen LogP contribution in [-0.2, 0) is 11.3 Å². The standard InChI is InChI=1S/C23H23N5O4S2/c29-18-13-22(33-11-4-12-34-22)23-20(24-21(30)25-23)19(16-7-9-17(10-8-16)28(31)32)26(27(18)23)14-15-5-2-1-3-6-15/h1-3,5-10,19-20H,4,11-14H2,(H2,24,25,30)/t19-,20+,23+/m1/s1. The molecule has 4 aliphatic heterocycles. The van der Waals surface area contributed by atoms with Crippen molar-refractivity contribution in [3.05, 3.63) is 75.8 Å². The minimum Gasteiger partial charge on any atom is -0.329 e. The molecule has 0 aliphatic carbocycles. The van der Waals surface area contributed by atoms with Crippen molar-refractivity contribution >= 4 is 41.1 Å². The summed E-state index contributed by atoms with van der Waals surface area (Å²) in [5.41, 5.74) is 0.940. The molecule has 2 spiro atoms. The second-order valence-corrected chi connectivity index (χ2v) is 12.0. The number of rotatable bonds is 4. The first-order chi connectivity index (χ1) is 16.4. The van der Waals surface area contributed by atoms with Crippen molar-refractivity contribution in [2.75, 3.05) is 11.5 Å². The molecule has 4 aliphatic rings. The van der Waals surface area contributed by atoms with E-state index in [1.54, 1.807) is 40.7 Å². The average molecular weight is 498 g/mol. The Labute approximate surface area is 204 Å². The maximum absolute atomic E-state index is 13.7. The van der Waals surface area contributed by atoms with E-state index >= 15 is 0 Å². The van der Waals surface area contributed by atoms with Gasteiger partial charge in [0.25, 0.3) is 5.69 Å². The molecular formula is C23H23N5O4S2. The van der Waals surface area contributed by atoms with Gasteiger partial charge in [0.2, 0.25) is 5.91 Å². The van der Waals surface area contributed by atoms with Crippen LogP contribution in [0.15, 0.2) is 54.6 Å². The summed E-state index contributed by atoms with van der Waals surface area (Å²) in [5.74, 6) is 1.84. The Kier molecular flexibility index (Phi) is 5.05. The summed E-state index contributed by atoms with van der Waals surface area (Å²) < 4.78 is -0.503. The smallest absolute Gasteiger partial charge is 0.317 e. The number of carbonyl (C=O) groups is 2. The number of hydrazine groups is 1. The maximum atomic E-state index is 13.7. The van der Waals surface area contributed by atoms with Gasteiger partial charge >= 0.3 is 6.03 Å². The number of carbonyl (C=O) groups excluding carboxylic acids is 2. The molecule has 0 bridgehead atoms. The molecule has 9 nitrogen and oxygen atoms in total. The summed E-state index contributed by atoms with van der Waals surface area (Å²) in [4.78, 5) is 37.3. The Hall–Kier alpha value is -2.76. The highest BCUT2D eigenvalue weighted by molar-refractivity contribution is 8.19. The summed E-state index contributed by atoms with van der Waals surface area (Å²) in [6.07, 6.45) is 1.41. The predicted octanol–water partition coefficient (Wildman–Crippen LogP) is 3.24. The van der Waals surface area contributed by atoms with Crippen LogP contribution in [0.1, 0.15) is 30.0 Å². The number of benzene rings is 2. The van der Waals surface area contributed by atoms with Crippen LogP contribution in [0, 0.1) is 10.1 Å². The number of non-ortho nitro benzene ring substituents is 1. The average Bonchev–Trinajstić information content (AvgIpc) is 3.38. The topological polar surface area (TPSA) is 108 Å². The predicted molar refractivity (Wildman–Crippen MR) is 130 cm³/mol. The van der Waals surface area contributed by atoms with E-state index in [-0.39, 0.29) is 23.7 Å². The Morgan fingerprint density at radius 2 is 1.76 bits per heavy atom. The number of hydrogen-bond acceptors (Lipinski definition) is 7. The van der Waals surface area contributed by atoms with E-state index < -0.39 is 20.7 Å². The van der Waals surface area contributed by atoms with E-state index in [0.29, 0.717) is 13.0 Å². The summed E-state index contributed by atoms with van der Waals surface area (Å²) in [5, 5.41) is 21.4. The number of urea groups is 1. The molecular weight excluding hydrogens is 474 g/mol. The zero-order chi connectivity index (χ0) is 23.5. The maximum Gasteiger partial charge on any atom is 0.317 e. The number of thioether (sulfide) groups is 2. The summed E-state index contributed by atoms with van der Waals surface area (Å²) in [6.45, 7) is 0.468. The van der Waals surface area contributed by atoms with Gasteiger partial charge in [0, 0.05) is 18.7 Å². The zero-order valence-corrected chi connectivity index (χ0v) is 19.8. The molecule has 2 aromatic carbocycles. The van der Waals surface area contributed by atoms with Gasteiger partial charge in [0.15, 0.2) is 5.66 Å². The summed E-state index contributed by atoms with van der Waals surface area (Å²) in [6, 6.07) is 15.3. The van der Waals surface area contributed by atoms with Gasteiger partial charge in [-0.2, -0.15) is 0 Å². The molecule has 0 aromatic heterocycles. The van der Waals surface area contributed by atoms with Gasteiger partial charge < -0.3 is 10.6 Å². The van der Waals surface area contributed by atoms with Gasteiger partial charge in [-0.25, -0.2) is 14.8 Å². The molecule has 0 radical (unpaired) electrons. The third-order valence-corrected chi connectivity index (χ3v) is 10.6. The lowest BCUT2D eigenvalue weighted by atomic mass is 9.90. The van der Waals surface area contributed by atoms with Gasteiger partial charge in [-0.05, 0) is 29.1 Å². The van der Waals surface area contributed by atoms with Crippen molar-refractivity contribution in [3.8, 4) is 0 Å². The van der Waals surface area contributed by atoms with Crippen molar-refractivity contribution in [1.29, 1.82) is 0 Å². The molecule has 3 atom stereocenters. The molecule has 4 saturated heterocycles. The second-order valence-electron chi connectivity index (χ2n) is 8.90. The van der Waals surface area contributed by atoms with Crippen molar-refractivity contribution in [3.63, 3.8) is 0 Å². The lowest BCUT2D eigenvalue weighted by Crippen LogP contribution is -2.66. The van der Waals surface area contributed by atoms with Crippen LogP contribution in [-0.4, -0.2) is 54.2 Å². The van der Waals surface area contributed by atoms with Crippen molar-refractivity contribution in [2.45, 2.75) is 41.2 Å². The van der Waals surface area contributed by atoms with Crippen LogP contribution in [0.3, 0.4) is 0 Å². The highest BCUT2D eigenvalue weighted by Gasteiger charge is 2.77. The van der Waals surface area contributed by atoms with Crippen LogP contribution in [0.4, 0.5) is 10.5 Å². The van der Waals surface area contributed by atoms with Gasteiger partial charge in [-0.1, -0.05) is 42.5 Å². The van der Waals surface area contributed by atoms with Gasteiger partial charge in [-0.3, -0.25) is 14.9 Å². The van der Waals surface area contributed by atoms with E-state index in [1.807, 2.05) is 35.3 Å². The fourth-order valence-electron chi connectivity index (χ4n) is 5.76. The SMILES string of the molecule is O=C1N[C@H]2[C@@H](c3ccc([N+](=O)[O-])cc3)N(Cc3ccccc3)N3C(=O)CC4(SCCCS4)[C@]23N1. The number of hydrogen-bond donors (Lipinski definition) is 2. The molecule has 0 unspecified atom stereocenters. The summed E-state index contributed by atoms with van der Waals surface area (Å²) >= 11 is 3.53. The fraction of sp³-hybridized carbons (Fsp3) is 0.391. The fourth-order valence-corrected chi connectivity index (χ4v) is 9.43. The minimum absolute atomic E-state index is 0.00564. The largest absolute Gasteiger partial charge is 0.329 e. The number of nitro benzene ring substituents is 1. The molecule has 6 rings (SSSR count). The van der Waals surface area contributed by atoms with E-state index in [9.17, 15) is 19.7 Å². The van der Waals surface area contributed by atoms with Crippen LogP contribution in [0.25, 0.3) is 0 Å². The summed E-state index contributed by atoms with van der Waals surface area (Å²) in [7, 11) is 0. The zero-order valence-electron chi connectivity index (χ0n) is 18.2. The molecule has 2 N–H and O–H groups in total. The number of amides is 3. The monoisotopic (exact) mass is 497 g/mol. The third kappa shape index (κ3) is 2.99. The van der Waals surface area contributed by atoms with Gasteiger partial charge in [0.05, 0.1) is 23.4 Å². The normalized spacial score (nSPS) is 29.6. The number of nitro groups is 1. The first-order valence-electron chi connectivity index (χ1n) is 11.2. The minimum atomic E-state index is -0.919. The molecule has 4 fully saturated rings. The van der Waals surface area contributed by atoms with Crippen LogP contribution in [0.2, 0.25) is 0 Å². The molecule has 176 valence electrons. The number of nitrogens with zero attached hydrogens (tertiary/aromatic N) is 3. The number of nitrogens with one attached hydrogen (secondary N) is 2. The van der Waals surface area contributed by atoms with Gasteiger partial charge in [0.1, 0.15) is 4.08 Å². The molecule has 3 amide bonds. The van der Waals surface area contributed by atoms with Crippen molar-refractivity contribution < 1.29 is 14.5 Å². The van der Waals surface area contributed by atoms with Crippen LogP contribution in [0.5, 0.6) is 0 Å². The van der Waals surface area contributed by atoms with Gasteiger partial charge in [-0.15, -0.1) is 23.5 Å². The Morgan fingerprint density at radius 3 is 2.44 bits per heavy atom. The van der Waals surface area contributed by atoms with Crippen molar-refractivity contribution in [2.24, 2.45) is 0 Å². The second kappa shape index (κ2) is 7.89. The highest BCUT2D eigenvalue weighted by Crippen LogP contribution is 2.64. The van der Waals surface area contributed by atoms with E-state index in [0.717, 1.165) is 29.1 Å². The molecule has 34 heavy (non-hydrogen) atoms. The lowest BCUT2D eigenvalue weighted by Gasteiger charge is -2.45. The van der Waals surface area contributed by atoms with E-state index in [2.05, 4.69) is 10.6 Å². The quantitative estimate of drug-likeness (QED) is 0.493. The Morgan fingerprint density at radius 1 is 1.06 bits per heavy atom. The Balaban J connectivity index is 1.51. The molecule has 11 heteroatoms. The first kappa shape index (κ1) is 21.8. The van der Waals surface area contributed by atoms with Crippen molar-refractivity contribution in [1.82, 2.24) is 20.7 Å². The highest BCUT2D eigenvalue weighted by atomic mass is 32.2. The van der Waals surface area contributed by atoms with Crippen LogP contribution < -0.4 is 10.6 Å². The van der Waals surface area contributed by atoms with E-state index in [1.165, 1.54) is 12.1 Å². The van der Waals surface area contributed by atoms with E-state index in [4.69, 9.17) is 0 Å². The lowest BCUT2D eigenvalue weighted by molar-refractivity contribution is -0.384. The third-order valence-electron chi connectivity index (χ3n) is 7.06. The Bertz CT molecular complexity index is 1160. The molecule has 2 aromatic rings. The van der Waals surface area contributed by atoms with Crippen LogP contribution >= 0.6 is 23.5 Å².